The van der Waals surface area contributed by atoms with Gasteiger partial charge in [-0.3, -0.25) is 4.79 Å². The molecule has 2 aliphatic heterocycles. The molecule has 1 aromatic heterocycles. The fraction of sp³-hybridized carbons (Fsp3) is 0.476. The maximum absolute atomic E-state index is 12.7. The molecule has 1 amide bonds. The predicted molar refractivity (Wildman–Crippen MR) is 108 cm³/mol. The lowest BCUT2D eigenvalue weighted by Gasteiger charge is -2.34. The highest BCUT2D eigenvalue weighted by Crippen LogP contribution is 2.34. The average molecular weight is 383 g/mol. The molecule has 0 N–H and O–H groups in total. The number of amides is 1. The van der Waals surface area contributed by atoms with E-state index in [2.05, 4.69) is 51.0 Å². The van der Waals surface area contributed by atoms with E-state index in [1.165, 1.54) is 10.5 Å². The van der Waals surface area contributed by atoms with Crippen molar-refractivity contribution in [1.29, 1.82) is 0 Å². The number of hydrogen-bond donors (Lipinski definition) is 0. The van der Waals surface area contributed by atoms with E-state index in [-0.39, 0.29) is 5.92 Å². The summed E-state index contributed by atoms with van der Waals surface area (Å²) in [6.45, 7) is 5.71. The van der Waals surface area contributed by atoms with Crippen molar-refractivity contribution in [3.05, 3.63) is 42.2 Å². The molecule has 0 radical (unpaired) electrons. The van der Waals surface area contributed by atoms with Crippen LogP contribution < -0.4 is 4.90 Å². The van der Waals surface area contributed by atoms with Gasteiger partial charge in [-0.25, -0.2) is 9.97 Å². The maximum atomic E-state index is 12.7. The van der Waals surface area contributed by atoms with Crippen LogP contribution in [0.25, 0.3) is 0 Å². The summed E-state index contributed by atoms with van der Waals surface area (Å²) < 4.78 is 0. The Morgan fingerprint density at radius 2 is 1.67 bits per heavy atom. The standard InChI is InChI=1S/C21H26N4OS/c1-16-4-6-18(7-5-16)27-20-19(22-10-11-23-20)24-14-8-17(9-15-24)21(26)25-12-2-3-13-25/h4-7,10-11,17H,2-3,8-9,12-15H2,1H3. The van der Waals surface area contributed by atoms with E-state index in [0.717, 1.165) is 62.7 Å². The molecular formula is C21H26N4OS. The van der Waals surface area contributed by atoms with Gasteiger partial charge in [0.25, 0.3) is 0 Å². The fourth-order valence-corrected chi connectivity index (χ4v) is 4.74. The topological polar surface area (TPSA) is 49.3 Å². The van der Waals surface area contributed by atoms with Crippen LogP contribution in [0, 0.1) is 12.8 Å². The first kappa shape index (κ1) is 18.3. The first-order valence-corrected chi connectivity index (χ1v) is 10.6. The molecule has 3 heterocycles. The van der Waals surface area contributed by atoms with Crippen molar-refractivity contribution in [2.45, 2.75) is 42.5 Å². The summed E-state index contributed by atoms with van der Waals surface area (Å²) in [7, 11) is 0. The Hall–Kier alpha value is -2.08. The second-order valence-corrected chi connectivity index (χ2v) is 8.46. The number of likely N-dealkylation sites (tertiary alicyclic amines) is 1. The Morgan fingerprint density at radius 1 is 1.00 bits per heavy atom. The Labute approximate surface area is 165 Å². The van der Waals surface area contributed by atoms with Crippen molar-refractivity contribution in [2.24, 2.45) is 5.92 Å². The van der Waals surface area contributed by atoms with Crippen molar-refractivity contribution >= 4 is 23.5 Å². The minimum absolute atomic E-state index is 0.171. The monoisotopic (exact) mass is 382 g/mol. The number of aryl methyl sites for hydroxylation is 1. The highest BCUT2D eigenvalue weighted by atomic mass is 32.2. The summed E-state index contributed by atoms with van der Waals surface area (Å²) in [6.07, 6.45) is 7.63. The van der Waals surface area contributed by atoms with Gasteiger partial charge >= 0.3 is 0 Å². The van der Waals surface area contributed by atoms with E-state index in [4.69, 9.17) is 0 Å². The molecule has 6 heteroatoms. The lowest BCUT2D eigenvalue weighted by molar-refractivity contribution is -0.135. The van der Waals surface area contributed by atoms with Gasteiger partial charge in [0.15, 0.2) is 5.82 Å². The summed E-state index contributed by atoms with van der Waals surface area (Å²) in [5.41, 5.74) is 1.25. The summed E-state index contributed by atoms with van der Waals surface area (Å²) in [5.74, 6) is 1.47. The van der Waals surface area contributed by atoms with Crippen LogP contribution in [0.1, 0.15) is 31.2 Å². The van der Waals surface area contributed by atoms with E-state index >= 15 is 0 Å². The molecule has 0 saturated carbocycles. The molecule has 5 nitrogen and oxygen atoms in total. The quantitative estimate of drug-likeness (QED) is 0.805. The van der Waals surface area contributed by atoms with Crippen LogP contribution >= 0.6 is 11.8 Å². The largest absolute Gasteiger partial charge is 0.354 e. The van der Waals surface area contributed by atoms with Gasteiger partial charge in [-0.1, -0.05) is 29.5 Å². The van der Waals surface area contributed by atoms with E-state index in [1.807, 2.05) is 0 Å². The smallest absolute Gasteiger partial charge is 0.225 e. The molecule has 0 bridgehead atoms. The van der Waals surface area contributed by atoms with Crippen molar-refractivity contribution < 1.29 is 4.79 Å². The first-order valence-electron chi connectivity index (χ1n) is 9.80. The lowest BCUT2D eigenvalue weighted by atomic mass is 9.95. The van der Waals surface area contributed by atoms with Crippen LogP contribution in [-0.2, 0) is 4.79 Å². The Balaban J connectivity index is 1.42. The SMILES string of the molecule is Cc1ccc(Sc2nccnc2N2CCC(C(=O)N3CCCC3)CC2)cc1. The summed E-state index contributed by atoms with van der Waals surface area (Å²) in [5, 5.41) is 0.936. The first-order chi connectivity index (χ1) is 13.2. The lowest BCUT2D eigenvalue weighted by Crippen LogP contribution is -2.42. The van der Waals surface area contributed by atoms with E-state index in [1.54, 1.807) is 24.2 Å². The molecule has 2 aliphatic rings. The Kier molecular flexibility index (Phi) is 5.62. The zero-order valence-corrected chi connectivity index (χ0v) is 16.6. The minimum atomic E-state index is 0.171. The molecule has 2 aromatic rings. The molecular weight excluding hydrogens is 356 g/mol. The molecule has 4 rings (SSSR count). The van der Waals surface area contributed by atoms with Crippen LogP contribution in [0.15, 0.2) is 46.6 Å². The van der Waals surface area contributed by atoms with Gasteiger partial charge in [0, 0.05) is 49.4 Å². The van der Waals surface area contributed by atoms with E-state index in [9.17, 15) is 4.79 Å². The number of carbonyl (C=O) groups is 1. The average Bonchev–Trinajstić information content (AvgIpc) is 3.25. The zero-order chi connectivity index (χ0) is 18.6. The van der Waals surface area contributed by atoms with Crippen molar-refractivity contribution in [2.75, 3.05) is 31.1 Å². The number of hydrogen-bond acceptors (Lipinski definition) is 5. The van der Waals surface area contributed by atoms with Crippen LogP contribution in [0.5, 0.6) is 0 Å². The number of rotatable bonds is 4. The number of nitrogens with zero attached hydrogens (tertiary/aromatic N) is 4. The molecule has 2 saturated heterocycles. The van der Waals surface area contributed by atoms with Crippen LogP contribution in [-0.4, -0.2) is 47.0 Å². The van der Waals surface area contributed by atoms with Crippen molar-refractivity contribution in [3.63, 3.8) is 0 Å². The van der Waals surface area contributed by atoms with E-state index in [0.29, 0.717) is 5.91 Å². The van der Waals surface area contributed by atoms with Gasteiger partial charge in [-0.05, 0) is 44.7 Å². The summed E-state index contributed by atoms with van der Waals surface area (Å²) in [6, 6.07) is 8.49. The normalized spacial score (nSPS) is 18.1. The third kappa shape index (κ3) is 4.26. The second kappa shape index (κ2) is 8.30. The van der Waals surface area contributed by atoms with Gasteiger partial charge in [-0.15, -0.1) is 0 Å². The molecule has 27 heavy (non-hydrogen) atoms. The van der Waals surface area contributed by atoms with Gasteiger partial charge in [0.05, 0.1) is 0 Å². The summed E-state index contributed by atoms with van der Waals surface area (Å²) in [4.78, 5) is 27.4. The number of carbonyl (C=O) groups excluding carboxylic acids is 1. The molecule has 2 fully saturated rings. The molecule has 1 aromatic carbocycles. The second-order valence-electron chi connectivity index (χ2n) is 7.39. The van der Waals surface area contributed by atoms with E-state index < -0.39 is 0 Å². The van der Waals surface area contributed by atoms with Gasteiger partial charge in [0.1, 0.15) is 5.03 Å². The summed E-state index contributed by atoms with van der Waals surface area (Å²) >= 11 is 1.65. The highest BCUT2D eigenvalue weighted by Gasteiger charge is 2.30. The van der Waals surface area contributed by atoms with Gasteiger partial charge in [-0.2, -0.15) is 0 Å². The number of benzene rings is 1. The maximum Gasteiger partial charge on any atom is 0.225 e. The highest BCUT2D eigenvalue weighted by molar-refractivity contribution is 7.99. The third-order valence-electron chi connectivity index (χ3n) is 5.44. The van der Waals surface area contributed by atoms with Crippen LogP contribution in [0.4, 0.5) is 5.82 Å². The molecule has 0 unspecified atom stereocenters. The number of aromatic nitrogens is 2. The van der Waals surface area contributed by atoms with Gasteiger partial charge < -0.3 is 9.80 Å². The van der Waals surface area contributed by atoms with Crippen molar-refractivity contribution in [3.8, 4) is 0 Å². The number of piperidine rings is 1. The van der Waals surface area contributed by atoms with Crippen molar-refractivity contribution in [1.82, 2.24) is 14.9 Å². The Bertz CT molecular complexity index is 781. The minimum Gasteiger partial charge on any atom is -0.354 e. The van der Waals surface area contributed by atoms with Gasteiger partial charge in [0.2, 0.25) is 5.91 Å². The molecule has 0 atom stereocenters. The number of anilines is 1. The zero-order valence-electron chi connectivity index (χ0n) is 15.8. The van der Waals surface area contributed by atoms with Crippen LogP contribution in [0.2, 0.25) is 0 Å². The molecule has 0 spiro atoms. The third-order valence-corrected chi connectivity index (χ3v) is 6.43. The predicted octanol–water partition coefficient (Wildman–Crippen LogP) is 3.78. The Morgan fingerprint density at radius 3 is 2.37 bits per heavy atom. The molecule has 0 aliphatic carbocycles. The molecule has 142 valence electrons. The fourth-order valence-electron chi connectivity index (χ4n) is 3.86. The van der Waals surface area contributed by atoms with Crippen LogP contribution in [0.3, 0.4) is 0 Å².